The standard InChI is InChI=1S/C16H14ClFN4O/c17-12-4-6-14(7-5-12)19-9-15-20-16(23)22(21-15)10-11-2-1-3-13(18)8-11/h1-8,19H,9-10H2,(H,20,21,23). The van der Waals surface area contributed by atoms with Gasteiger partial charge in [-0.15, -0.1) is 0 Å². The number of halogens is 2. The molecule has 0 amide bonds. The van der Waals surface area contributed by atoms with Crippen molar-refractivity contribution in [3.8, 4) is 0 Å². The number of anilines is 1. The molecule has 118 valence electrons. The number of benzene rings is 2. The first kappa shape index (κ1) is 15.3. The summed E-state index contributed by atoms with van der Waals surface area (Å²) in [4.78, 5) is 14.6. The van der Waals surface area contributed by atoms with Gasteiger partial charge in [-0.1, -0.05) is 23.7 Å². The number of hydrogen-bond acceptors (Lipinski definition) is 3. The molecule has 0 radical (unpaired) electrons. The summed E-state index contributed by atoms with van der Waals surface area (Å²) in [6, 6.07) is 13.3. The molecule has 1 heterocycles. The highest BCUT2D eigenvalue weighted by Crippen LogP contribution is 2.13. The summed E-state index contributed by atoms with van der Waals surface area (Å²) in [5, 5.41) is 8.00. The van der Waals surface area contributed by atoms with Crippen LogP contribution in [0.25, 0.3) is 0 Å². The largest absolute Gasteiger partial charge is 0.378 e. The predicted octanol–water partition coefficient (Wildman–Crippen LogP) is 3.02. The van der Waals surface area contributed by atoms with Gasteiger partial charge in [-0.2, -0.15) is 5.10 Å². The van der Waals surface area contributed by atoms with Gasteiger partial charge in [0, 0.05) is 10.7 Å². The van der Waals surface area contributed by atoms with Crippen LogP contribution in [0, 0.1) is 5.82 Å². The lowest BCUT2D eigenvalue weighted by atomic mass is 10.2. The van der Waals surface area contributed by atoms with Crippen molar-refractivity contribution in [1.82, 2.24) is 14.8 Å². The van der Waals surface area contributed by atoms with Crippen molar-refractivity contribution in [2.24, 2.45) is 0 Å². The van der Waals surface area contributed by atoms with Crippen LogP contribution in [0.5, 0.6) is 0 Å². The van der Waals surface area contributed by atoms with E-state index in [0.29, 0.717) is 23.0 Å². The van der Waals surface area contributed by atoms with E-state index in [-0.39, 0.29) is 18.1 Å². The lowest BCUT2D eigenvalue weighted by molar-refractivity contribution is 0.614. The van der Waals surface area contributed by atoms with Gasteiger partial charge in [0.05, 0.1) is 13.1 Å². The average molecular weight is 333 g/mol. The Balaban J connectivity index is 1.68. The predicted molar refractivity (Wildman–Crippen MR) is 87.1 cm³/mol. The third-order valence-corrected chi connectivity index (χ3v) is 3.50. The summed E-state index contributed by atoms with van der Waals surface area (Å²) in [5.74, 6) is 0.164. The maximum absolute atomic E-state index is 13.2. The smallest absolute Gasteiger partial charge is 0.343 e. The van der Waals surface area contributed by atoms with Gasteiger partial charge in [-0.05, 0) is 42.0 Å². The second-order valence-electron chi connectivity index (χ2n) is 5.02. The van der Waals surface area contributed by atoms with E-state index in [2.05, 4.69) is 15.4 Å². The summed E-state index contributed by atoms with van der Waals surface area (Å²) in [6.45, 7) is 0.584. The Labute approximate surface area is 136 Å². The van der Waals surface area contributed by atoms with E-state index >= 15 is 0 Å². The first-order valence-corrected chi connectivity index (χ1v) is 7.38. The monoisotopic (exact) mass is 332 g/mol. The zero-order chi connectivity index (χ0) is 16.2. The molecular formula is C16H14ClFN4O. The number of nitrogens with zero attached hydrogens (tertiary/aromatic N) is 2. The van der Waals surface area contributed by atoms with E-state index in [1.807, 2.05) is 12.1 Å². The molecule has 7 heteroatoms. The average Bonchev–Trinajstić information content (AvgIpc) is 2.87. The molecule has 1 aromatic heterocycles. The van der Waals surface area contributed by atoms with Gasteiger partial charge in [0.2, 0.25) is 0 Å². The highest BCUT2D eigenvalue weighted by molar-refractivity contribution is 6.30. The van der Waals surface area contributed by atoms with Crippen molar-refractivity contribution in [2.75, 3.05) is 5.32 Å². The molecule has 0 saturated carbocycles. The number of aromatic amines is 1. The first-order chi connectivity index (χ1) is 11.1. The Morgan fingerprint density at radius 2 is 2.00 bits per heavy atom. The van der Waals surface area contributed by atoms with Crippen LogP contribution in [-0.2, 0) is 13.1 Å². The van der Waals surface area contributed by atoms with Crippen LogP contribution in [0.15, 0.2) is 53.3 Å². The zero-order valence-electron chi connectivity index (χ0n) is 12.1. The number of H-pyrrole nitrogens is 1. The van der Waals surface area contributed by atoms with Crippen LogP contribution in [0.1, 0.15) is 11.4 Å². The van der Waals surface area contributed by atoms with Crippen LogP contribution in [0.3, 0.4) is 0 Å². The summed E-state index contributed by atoms with van der Waals surface area (Å²) < 4.78 is 14.4. The molecule has 0 spiro atoms. The lowest BCUT2D eigenvalue weighted by Gasteiger charge is -2.03. The SMILES string of the molecule is O=c1[nH]c(CNc2ccc(Cl)cc2)nn1Cc1cccc(F)c1. The molecule has 23 heavy (non-hydrogen) atoms. The van der Waals surface area contributed by atoms with Crippen LogP contribution in [0.2, 0.25) is 5.02 Å². The Hall–Kier alpha value is -2.60. The lowest BCUT2D eigenvalue weighted by Crippen LogP contribution is -2.18. The fourth-order valence-electron chi connectivity index (χ4n) is 2.15. The van der Waals surface area contributed by atoms with Gasteiger partial charge < -0.3 is 5.32 Å². The molecule has 2 aromatic carbocycles. The number of aromatic nitrogens is 3. The van der Waals surface area contributed by atoms with E-state index < -0.39 is 0 Å². The maximum atomic E-state index is 13.2. The minimum absolute atomic E-state index is 0.216. The molecule has 0 bridgehead atoms. The van der Waals surface area contributed by atoms with Crippen LogP contribution >= 0.6 is 11.6 Å². The second-order valence-corrected chi connectivity index (χ2v) is 5.46. The Morgan fingerprint density at radius 3 is 2.74 bits per heavy atom. The van der Waals surface area contributed by atoms with Gasteiger partial charge in [0.25, 0.3) is 0 Å². The summed E-state index contributed by atoms with van der Waals surface area (Å²) in [6.07, 6.45) is 0. The molecule has 0 aliphatic heterocycles. The van der Waals surface area contributed by atoms with E-state index in [1.165, 1.54) is 16.8 Å². The minimum Gasteiger partial charge on any atom is -0.378 e. The van der Waals surface area contributed by atoms with Gasteiger partial charge >= 0.3 is 5.69 Å². The Kier molecular flexibility index (Phi) is 4.43. The third kappa shape index (κ3) is 3.98. The van der Waals surface area contributed by atoms with E-state index in [0.717, 1.165) is 5.69 Å². The fourth-order valence-corrected chi connectivity index (χ4v) is 2.28. The number of nitrogens with one attached hydrogen (secondary N) is 2. The van der Waals surface area contributed by atoms with E-state index in [9.17, 15) is 9.18 Å². The van der Waals surface area contributed by atoms with Crippen molar-refractivity contribution in [1.29, 1.82) is 0 Å². The molecule has 0 saturated heterocycles. The molecule has 3 aromatic rings. The number of hydrogen-bond donors (Lipinski definition) is 2. The third-order valence-electron chi connectivity index (χ3n) is 3.25. The minimum atomic E-state index is -0.337. The molecule has 3 rings (SSSR count). The topological polar surface area (TPSA) is 62.7 Å². The van der Waals surface area contributed by atoms with Crippen molar-refractivity contribution < 1.29 is 4.39 Å². The maximum Gasteiger partial charge on any atom is 0.343 e. The van der Waals surface area contributed by atoms with Crippen molar-refractivity contribution in [3.05, 3.63) is 81.2 Å². The quantitative estimate of drug-likeness (QED) is 0.755. The van der Waals surface area contributed by atoms with Gasteiger partial charge in [-0.25, -0.2) is 13.9 Å². The molecule has 2 N–H and O–H groups in total. The van der Waals surface area contributed by atoms with E-state index in [4.69, 9.17) is 11.6 Å². The van der Waals surface area contributed by atoms with Crippen molar-refractivity contribution in [2.45, 2.75) is 13.1 Å². The van der Waals surface area contributed by atoms with Gasteiger partial charge in [0.15, 0.2) is 0 Å². The summed E-state index contributed by atoms with van der Waals surface area (Å²) in [7, 11) is 0. The van der Waals surface area contributed by atoms with Crippen LogP contribution in [-0.4, -0.2) is 14.8 Å². The van der Waals surface area contributed by atoms with Crippen LogP contribution < -0.4 is 11.0 Å². The highest BCUT2D eigenvalue weighted by Gasteiger charge is 2.06. The normalized spacial score (nSPS) is 10.7. The van der Waals surface area contributed by atoms with Crippen molar-refractivity contribution in [3.63, 3.8) is 0 Å². The van der Waals surface area contributed by atoms with E-state index in [1.54, 1.807) is 24.3 Å². The Morgan fingerprint density at radius 1 is 1.22 bits per heavy atom. The summed E-state index contributed by atoms with van der Waals surface area (Å²) in [5.41, 5.74) is 1.22. The first-order valence-electron chi connectivity index (χ1n) is 7.00. The highest BCUT2D eigenvalue weighted by atomic mass is 35.5. The Bertz CT molecular complexity index is 857. The number of rotatable bonds is 5. The molecule has 0 unspecified atom stereocenters. The second kappa shape index (κ2) is 6.66. The van der Waals surface area contributed by atoms with Crippen LogP contribution in [0.4, 0.5) is 10.1 Å². The fraction of sp³-hybridized carbons (Fsp3) is 0.125. The molecule has 5 nitrogen and oxygen atoms in total. The van der Waals surface area contributed by atoms with Gasteiger partial charge in [-0.3, -0.25) is 4.98 Å². The molecular weight excluding hydrogens is 319 g/mol. The summed E-state index contributed by atoms with van der Waals surface area (Å²) >= 11 is 5.82. The van der Waals surface area contributed by atoms with Gasteiger partial charge in [0.1, 0.15) is 11.6 Å². The zero-order valence-corrected chi connectivity index (χ0v) is 12.8. The molecule has 0 aliphatic carbocycles. The molecule has 0 aliphatic rings. The van der Waals surface area contributed by atoms with Crippen molar-refractivity contribution >= 4 is 17.3 Å². The molecule has 0 atom stereocenters. The molecule has 0 fully saturated rings.